The summed E-state index contributed by atoms with van der Waals surface area (Å²) in [7, 11) is 0. The van der Waals surface area contributed by atoms with Crippen LogP contribution in [-0.4, -0.2) is 15.8 Å². The lowest BCUT2D eigenvalue weighted by Gasteiger charge is -2.32. The van der Waals surface area contributed by atoms with Crippen molar-refractivity contribution < 1.29 is 4.79 Å². The first-order valence-corrected chi connectivity index (χ1v) is 11.8. The van der Waals surface area contributed by atoms with Gasteiger partial charge in [0.1, 0.15) is 0 Å². The van der Waals surface area contributed by atoms with Gasteiger partial charge in [-0.15, -0.1) is 0 Å². The second-order valence-corrected chi connectivity index (χ2v) is 9.11. The van der Waals surface area contributed by atoms with Crippen LogP contribution in [0.3, 0.4) is 0 Å². The zero-order valence-electron chi connectivity index (χ0n) is 19.3. The fourth-order valence-electron chi connectivity index (χ4n) is 5.32. The summed E-state index contributed by atoms with van der Waals surface area (Å²) in [5.41, 5.74) is 8.64. The molecule has 2 heterocycles. The van der Waals surface area contributed by atoms with Crippen LogP contribution in [0.4, 0.5) is 0 Å². The molecule has 1 amide bonds. The number of nitrogens with zero attached hydrogens (tertiary/aromatic N) is 1. The van der Waals surface area contributed by atoms with Crippen LogP contribution in [0.25, 0.3) is 22.2 Å². The maximum absolute atomic E-state index is 13.9. The Morgan fingerprint density at radius 2 is 1.47 bits per heavy atom. The zero-order valence-corrected chi connectivity index (χ0v) is 19.3. The number of aromatic nitrogens is 1. The van der Waals surface area contributed by atoms with E-state index in [2.05, 4.69) is 90.5 Å². The van der Waals surface area contributed by atoms with Crippen LogP contribution in [0.2, 0.25) is 0 Å². The van der Waals surface area contributed by atoms with Crippen molar-refractivity contribution in [3.8, 4) is 11.3 Å². The van der Waals surface area contributed by atoms with Crippen LogP contribution >= 0.6 is 0 Å². The van der Waals surface area contributed by atoms with Gasteiger partial charge >= 0.3 is 0 Å². The lowest BCUT2D eigenvalue weighted by atomic mass is 9.92. The highest BCUT2D eigenvalue weighted by Gasteiger charge is 2.42. The van der Waals surface area contributed by atoms with Crippen LogP contribution < -0.4 is 0 Å². The highest BCUT2D eigenvalue weighted by Crippen LogP contribution is 2.48. The lowest BCUT2D eigenvalue weighted by Crippen LogP contribution is -2.31. The summed E-state index contributed by atoms with van der Waals surface area (Å²) in [6.07, 6.45) is 0. The van der Waals surface area contributed by atoms with Gasteiger partial charge in [0, 0.05) is 22.0 Å². The molecule has 0 fully saturated rings. The third-order valence-corrected chi connectivity index (χ3v) is 7.06. The second-order valence-electron chi connectivity index (χ2n) is 9.11. The maximum atomic E-state index is 13.9. The maximum Gasteiger partial charge on any atom is 0.255 e. The Morgan fingerprint density at radius 3 is 2.26 bits per heavy atom. The number of aryl methyl sites for hydroxylation is 1. The number of benzene rings is 4. The fourth-order valence-corrected chi connectivity index (χ4v) is 5.32. The van der Waals surface area contributed by atoms with Crippen molar-refractivity contribution in [1.29, 1.82) is 0 Å². The highest BCUT2D eigenvalue weighted by atomic mass is 16.2. The molecular weight excluding hydrogens is 416 g/mol. The molecule has 6 rings (SSSR count). The number of aromatic amines is 1. The summed E-state index contributed by atoms with van der Waals surface area (Å²) in [5, 5.41) is 1.15. The minimum Gasteiger partial charge on any atom is -0.354 e. The summed E-state index contributed by atoms with van der Waals surface area (Å²) < 4.78 is 0. The molecule has 4 aromatic carbocycles. The van der Waals surface area contributed by atoms with E-state index in [-0.39, 0.29) is 18.0 Å². The van der Waals surface area contributed by atoms with Crippen molar-refractivity contribution >= 4 is 16.8 Å². The van der Waals surface area contributed by atoms with Crippen LogP contribution in [0.1, 0.15) is 51.6 Å². The molecule has 0 saturated carbocycles. The van der Waals surface area contributed by atoms with Gasteiger partial charge in [-0.3, -0.25) is 4.79 Å². The first kappa shape index (κ1) is 20.5. The van der Waals surface area contributed by atoms with Gasteiger partial charge in [-0.25, -0.2) is 0 Å². The van der Waals surface area contributed by atoms with Crippen LogP contribution in [0, 0.1) is 6.92 Å². The third kappa shape index (κ3) is 3.16. The quantitative estimate of drug-likeness (QED) is 0.308. The van der Waals surface area contributed by atoms with Gasteiger partial charge in [0.05, 0.1) is 17.8 Å². The van der Waals surface area contributed by atoms with Crippen molar-refractivity contribution in [3.05, 3.63) is 131 Å². The van der Waals surface area contributed by atoms with Gasteiger partial charge in [0.25, 0.3) is 5.91 Å². The SMILES string of the molecule is Cc1ccc(-c2[nH]c3ccccc3c2[C@H]2c3ccccc3C(=O)N2[C@H](C)c2ccccc2)cc1. The normalized spacial score (nSPS) is 16.1. The monoisotopic (exact) mass is 442 g/mol. The first-order chi connectivity index (χ1) is 16.6. The van der Waals surface area contributed by atoms with E-state index >= 15 is 0 Å². The van der Waals surface area contributed by atoms with E-state index in [1.807, 2.05) is 36.4 Å². The molecule has 1 aliphatic rings. The van der Waals surface area contributed by atoms with Crippen molar-refractivity contribution in [2.24, 2.45) is 0 Å². The first-order valence-electron chi connectivity index (χ1n) is 11.8. The Balaban J connectivity index is 1.62. The second kappa shape index (κ2) is 8.03. The van der Waals surface area contributed by atoms with Crippen molar-refractivity contribution in [2.45, 2.75) is 25.9 Å². The predicted molar refractivity (Wildman–Crippen MR) is 138 cm³/mol. The van der Waals surface area contributed by atoms with Gasteiger partial charge in [-0.2, -0.15) is 0 Å². The molecule has 0 saturated heterocycles. The molecule has 166 valence electrons. The van der Waals surface area contributed by atoms with E-state index in [0.717, 1.165) is 44.4 Å². The average Bonchev–Trinajstić information content (AvgIpc) is 3.40. The average molecular weight is 443 g/mol. The molecule has 1 aromatic heterocycles. The van der Waals surface area contributed by atoms with Crippen molar-refractivity contribution in [2.75, 3.05) is 0 Å². The lowest BCUT2D eigenvalue weighted by molar-refractivity contribution is 0.0678. The minimum absolute atomic E-state index is 0.0781. The molecule has 1 N–H and O–H groups in total. The van der Waals surface area contributed by atoms with E-state index < -0.39 is 0 Å². The Bertz CT molecular complexity index is 1500. The smallest absolute Gasteiger partial charge is 0.255 e. The number of carbonyl (C=O) groups excluding carboxylic acids is 1. The molecule has 3 heteroatoms. The number of carbonyl (C=O) groups is 1. The van der Waals surface area contributed by atoms with Gasteiger partial charge in [-0.05, 0) is 42.7 Å². The molecule has 0 unspecified atom stereocenters. The minimum atomic E-state index is -0.189. The summed E-state index contributed by atoms with van der Waals surface area (Å²) in [4.78, 5) is 19.6. The summed E-state index contributed by atoms with van der Waals surface area (Å²) in [6.45, 7) is 4.23. The number of hydrogen-bond donors (Lipinski definition) is 1. The molecule has 0 spiro atoms. The Kier molecular flexibility index (Phi) is 4.84. The predicted octanol–water partition coefficient (Wildman–Crippen LogP) is 7.45. The topological polar surface area (TPSA) is 36.1 Å². The third-order valence-electron chi connectivity index (χ3n) is 7.06. The molecule has 0 radical (unpaired) electrons. The summed E-state index contributed by atoms with van der Waals surface area (Å²) in [6, 6.07) is 35.1. The number of fused-ring (bicyclic) bond motifs is 2. The number of H-pyrrole nitrogens is 1. The number of nitrogens with one attached hydrogen (secondary N) is 1. The number of para-hydroxylation sites is 1. The number of hydrogen-bond acceptors (Lipinski definition) is 1. The standard InChI is InChI=1S/C31H26N2O/c1-20-16-18-23(19-17-20)29-28(26-14-8-9-15-27(26)32-29)30-24-12-6-7-13-25(24)31(34)33(30)21(2)22-10-4-3-5-11-22/h3-19,21,30,32H,1-2H3/t21-,30-/m1/s1. The molecule has 0 bridgehead atoms. The molecule has 0 aliphatic carbocycles. The van der Waals surface area contributed by atoms with Gasteiger partial charge < -0.3 is 9.88 Å². The van der Waals surface area contributed by atoms with E-state index in [0.29, 0.717) is 0 Å². The molecule has 34 heavy (non-hydrogen) atoms. The Morgan fingerprint density at radius 1 is 0.794 bits per heavy atom. The van der Waals surface area contributed by atoms with E-state index in [1.54, 1.807) is 0 Å². The van der Waals surface area contributed by atoms with Crippen molar-refractivity contribution in [1.82, 2.24) is 9.88 Å². The summed E-state index contributed by atoms with van der Waals surface area (Å²) in [5.74, 6) is 0.0806. The van der Waals surface area contributed by atoms with E-state index in [4.69, 9.17) is 0 Å². The van der Waals surface area contributed by atoms with Gasteiger partial charge in [0.15, 0.2) is 0 Å². The molecule has 1 aliphatic heterocycles. The number of amides is 1. The van der Waals surface area contributed by atoms with Gasteiger partial charge in [0.2, 0.25) is 0 Å². The molecule has 3 nitrogen and oxygen atoms in total. The molecular formula is C31H26N2O. The zero-order chi connectivity index (χ0) is 23.2. The fraction of sp³-hybridized carbons (Fsp3) is 0.129. The van der Waals surface area contributed by atoms with Crippen LogP contribution in [0.5, 0.6) is 0 Å². The van der Waals surface area contributed by atoms with Gasteiger partial charge in [-0.1, -0.05) is 96.6 Å². The van der Waals surface area contributed by atoms with E-state index in [1.165, 1.54) is 5.56 Å². The highest BCUT2D eigenvalue weighted by molar-refractivity contribution is 6.02. The van der Waals surface area contributed by atoms with E-state index in [9.17, 15) is 4.79 Å². The molecule has 2 atom stereocenters. The van der Waals surface area contributed by atoms with Crippen molar-refractivity contribution in [3.63, 3.8) is 0 Å². The Labute approximate surface area is 199 Å². The Hall–Kier alpha value is -4.11. The number of rotatable bonds is 4. The van der Waals surface area contributed by atoms with Crippen LogP contribution in [-0.2, 0) is 0 Å². The van der Waals surface area contributed by atoms with Crippen LogP contribution in [0.15, 0.2) is 103 Å². The molecule has 5 aromatic rings. The largest absolute Gasteiger partial charge is 0.354 e. The summed E-state index contributed by atoms with van der Waals surface area (Å²) >= 11 is 0.